The number of carbonyl (C=O) groups is 2. The summed E-state index contributed by atoms with van der Waals surface area (Å²) in [7, 11) is 0. The van der Waals surface area contributed by atoms with Crippen LogP contribution in [0.1, 0.15) is 26.3 Å². The summed E-state index contributed by atoms with van der Waals surface area (Å²) >= 11 is -0.656. The molecule has 1 aliphatic rings. The van der Waals surface area contributed by atoms with Crippen molar-refractivity contribution in [2.75, 3.05) is 10.6 Å². The number of benzene rings is 3. The number of amides is 2. The molecule has 5 rings (SSSR count). The van der Waals surface area contributed by atoms with Crippen LogP contribution in [0, 0.1) is 13.0 Å². The standard InChI is InChI=1S/C26H17FI2N3O2/c27-19-6-8-20(9-7-19)31-26(34)18-5-10-22-23(15-18)29-24(28-22)16-1-3-17(4-2-16)25(33)32-21-11-13-30-14-12-21/h1-15H,(H,31,34)(H,30,32,33)/q-1. The molecule has 0 aliphatic carbocycles. The Morgan fingerprint density at radius 3 is 2.09 bits per heavy atom. The number of halogens is 3. The third-order valence-corrected chi connectivity index (χ3v) is 13.9. The quantitative estimate of drug-likeness (QED) is 0.319. The number of pyridine rings is 1. The van der Waals surface area contributed by atoms with Gasteiger partial charge in [0, 0.05) is 0 Å². The van der Waals surface area contributed by atoms with E-state index in [0.717, 1.165) is 0 Å². The number of aromatic nitrogens is 1. The third-order valence-electron chi connectivity index (χ3n) is 4.96. The van der Waals surface area contributed by atoms with Crippen molar-refractivity contribution in [2.24, 2.45) is 0 Å². The first-order valence-corrected chi connectivity index (χ1v) is 14.6. The van der Waals surface area contributed by atoms with Gasteiger partial charge >= 0.3 is 217 Å². The Morgan fingerprint density at radius 2 is 1.38 bits per heavy atom. The Hall–Kier alpha value is -2.99. The molecule has 4 aromatic rings. The normalized spacial score (nSPS) is 12.4. The summed E-state index contributed by atoms with van der Waals surface area (Å²) in [6, 6.07) is 22.9. The molecule has 34 heavy (non-hydrogen) atoms. The molecule has 0 radical (unpaired) electrons. The zero-order valence-corrected chi connectivity index (χ0v) is 21.9. The number of hydrogen-bond donors (Lipinski definition) is 2. The van der Waals surface area contributed by atoms with Gasteiger partial charge in [-0.15, -0.1) is 0 Å². The van der Waals surface area contributed by atoms with Gasteiger partial charge in [-0.3, -0.25) is 0 Å². The molecule has 2 N–H and O–H groups in total. The summed E-state index contributed by atoms with van der Waals surface area (Å²) < 4.78 is 17.2. The first-order valence-electron chi connectivity index (χ1n) is 10.2. The molecule has 8 heteroatoms. The van der Waals surface area contributed by atoms with Gasteiger partial charge in [0.2, 0.25) is 0 Å². The Balaban J connectivity index is 1.29. The first-order chi connectivity index (χ1) is 16.5. The van der Waals surface area contributed by atoms with E-state index >= 15 is 0 Å². The van der Waals surface area contributed by atoms with E-state index in [0.29, 0.717) is 22.5 Å². The fourth-order valence-corrected chi connectivity index (χ4v) is 12.4. The number of nitrogens with zero attached hydrogens (tertiary/aromatic N) is 1. The predicted molar refractivity (Wildman–Crippen MR) is 135 cm³/mol. The second-order valence-corrected chi connectivity index (χ2v) is 14.9. The maximum absolute atomic E-state index is 13.1. The minimum atomic E-state index is -0.367. The van der Waals surface area contributed by atoms with E-state index in [-0.39, 0.29) is 59.6 Å². The Kier molecular flexibility index (Phi) is 6.77. The van der Waals surface area contributed by atoms with Crippen molar-refractivity contribution < 1.29 is 35.2 Å². The Bertz CT molecular complexity index is 1410. The molecule has 0 fully saturated rings. The number of nitrogens with one attached hydrogen (secondary N) is 2. The predicted octanol–water partition coefficient (Wildman–Crippen LogP) is 2.32. The van der Waals surface area contributed by atoms with Crippen LogP contribution in [0.2, 0.25) is 0 Å². The molecule has 1 aliphatic heterocycles. The molecule has 5 nitrogen and oxygen atoms in total. The van der Waals surface area contributed by atoms with E-state index in [1.165, 1.54) is 26.4 Å². The van der Waals surface area contributed by atoms with Gasteiger partial charge in [-0.05, 0) is 0 Å². The fraction of sp³-hybridized carbons (Fsp3) is 0. The molecule has 0 bridgehead atoms. The number of carbonyl (C=O) groups excluding carboxylic acids is 2. The molecule has 2 amide bonds. The van der Waals surface area contributed by atoms with Gasteiger partial charge in [-0.1, -0.05) is 0 Å². The van der Waals surface area contributed by atoms with E-state index in [4.69, 9.17) is 0 Å². The van der Waals surface area contributed by atoms with Crippen LogP contribution in [0.5, 0.6) is 0 Å². The molecule has 0 unspecified atom stereocenters. The molecule has 0 saturated carbocycles. The monoisotopic (exact) mass is 676 g/mol. The topological polar surface area (TPSA) is 71.1 Å². The number of anilines is 2. The molecule has 3 aromatic carbocycles. The summed E-state index contributed by atoms with van der Waals surface area (Å²) in [6.45, 7) is 0. The van der Waals surface area contributed by atoms with E-state index < -0.39 is 0 Å². The SMILES string of the molecule is O=C(Nc1ccncc1)c1ccc(C2=Ic3cc(C(=O)Nc4ccc(F)cc4)ccc3[I-]2)cc1. The van der Waals surface area contributed by atoms with E-state index in [2.05, 4.69) is 21.7 Å². The van der Waals surface area contributed by atoms with Crippen LogP contribution in [0.4, 0.5) is 15.8 Å². The van der Waals surface area contributed by atoms with Gasteiger partial charge in [-0.2, -0.15) is 0 Å². The summed E-state index contributed by atoms with van der Waals surface area (Å²) in [5, 5.41) is 5.69. The van der Waals surface area contributed by atoms with Gasteiger partial charge in [-0.25, -0.2) is 0 Å². The Morgan fingerprint density at radius 1 is 0.765 bits per heavy atom. The van der Waals surface area contributed by atoms with Crippen molar-refractivity contribution >= 4 is 45.4 Å². The molecule has 1 aromatic heterocycles. The third kappa shape index (κ3) is 5.22. The van der Waals surface area contributed by atoms with Crippen LogP contribution in [-0.2, 0) is 0 Å². The van der Waals surface area contributed by atoms with Gasteiger partial charge in [0.15, 0.2) is 0 Å². The van der Waals surface area contributed by atoms with Crippen molar-refractivity contribution in [3.05, 3.63) is 121 Å². The van der Waals surface area contributed by atoms with Crippen LogP contribution in [0.3, 0.4) is 0 Å². The van der Waals surface area contributed by atoms with Gasteiger partial charge in [0.1, 0.15) is 0 Å². The second kappa shape index (κ2) is 10.1. The number of hydrogen-bond acceptors (Lipinski definition) is 3. The summed E-state index contributed by atoms with van der Waals surface area (Å²) in [5.41, 5.74) is 3.66. The van der Waals surface area contributed by atoms with E-state index in [1.54, 1.807) is 36.7 Å². The summed E-state index contributed by atoms with van der Waals surface area (Å²) in [4.78, 5) is 29.1. The number of fused-ring (bicyclic) bond motifs is 1. The van der Waals surface area contributed by atoms with Crippen LogP contribution >= 0.6 is 20.7 Å². The minimum absolute atomic E-state index is 0.154. The van der Waals surface area contributed by atoms with Crippen molar-refractivity contribution in [3.8, 4) is 0 Å². The van der Waals surface area contributed by atoms with Crippen LogP contribution < -0.4 is 31.8 Å². The fourth-order valence-electron chi connectivity index (χ4n) is 3.21. The molecule has 0 atom stereocenters. The van der Waals surface area contributed by atoms with Crippen molar-refractivity contribution in [1.82, 2.24) is 4.98 Å². The van der Waals surface area contributed by atoms with Crippen molar-refractivity contribution in [2.45, 2.75) is 0 Å². The van der Waals surface area contributed by atoms with Crippen molar-refractivity contribution in [1.29, 1.82) is 0 Å². The average molecular weight is 676 g/mol. The Labute approximate surface area is 215 Å². The zero-order valence-electron chi connectivity index (χ0n) is 17.6. The maximum atomic E-state index is 13.1. The molecule has 0 saturated heterocycles. The molecule has 170 valence electrons. The first kappa shape index (κ1) is 22.8. The summed E-state index contributed by atoms with van der Waals surface area (Å²) in [5.74, 6) is -0.692. The number of rotatable bonds is 5. The van der Waals surface area contributed by atoms with Gasteiger partial charge in [0.25, 0.3) is 0 Å². The second-order valence-electron chi connectivity index (χ2n) is 7.31. The molecule has 0 spiro atoms. The molecular weight excluding hydrogens is 659 g/mol. The van der Waals surface area contributed by atoms with Gasteiger partial charge in [0.05, 0.1) is 0 Å². The van der Waals surface area contributed by atoms with Crippen LogP contribution in [-0.4, -0.2) is 18.3 Å². The van der Waals surface area contributed by atoms with Gasteiger partial charge < -0.3 is 0 Å². The molecule has 2 heterocycles. The van der Waals surface area contributed by atoms with Crippen molar-refractivity contribution in [3.63, 3.8) is 0 Å². The van der Waals surface area contributed by atoms with Crippen LogP contribution in [0.25, 0.3) is 0 Å². The zero-order chi connectivity index (χ0) is 23.5. The molecular formula is C26H17FI2N3O2-. The van der Waals surface area contributed by atoms with Crippen LogP contribution in [0.15, 0.2) is 91.3 Å². The average Bonchev–Trinajstić information content (AvgIpc) is 3.30. The van der Waals surface area contributed by atoms with E-state index in [1.807, 2.05) is 36.4 Å². The van der Waals surface area contributed by atoms with E-state index in [9.17, 15) is 14.0 Å². The summed E-state index contributed by atoms with van der Waals surface area (Å²) in [6.07, 6.45) is 3.27.